The first-order chi connectivity index (χ1) is 15.0. The number of amides is 1. The minimum absolute atomic E-state index is 0.109. The molecule has 1 atom stereocenters. The fourth-order valence-electron chi connectivity index (χ4n) is 3.33. The van der Waals surface area contributed by atoms with E-state index in [4.69, 9.17) is 15.2 Å². The van der Waals surface area contributed by atoms with Crippen molar-refractivity contribution in [2.45, 2.75) is 19.5 Å². The van der Waals surface area contributed by atoms with Crippen LogP contribution in [0.5, 0.6) is 5.75 Å². The van der Waals surface area contributed by atoms with Crippen LogP contribution in [0.15, 0.2) is 48.5 Å². The summed E-state index contributed by atoms with van der Waals surface area (Å²) in [6, 6.07) is 14.4. The van der Waals surface area contributed by atoms with Gasteiger partial charge >= 0.3 is 0 Å². The van der Waals surface area contributed by atoms with E-state index in [1.54, 1.807) is 30.0 Å². The number of nitrogens with two attached hydrogens (primary N) is 1. The lowest BCUT2D eigenvalue weighted by Gasteiger charge is -2.12. The van der Waals surface area contributed by atoms with Crippen molar-refractivity contribution in [2.75, 3.05) is 26.6 Å². The summed E-state index contributed by atoms with van der Waals surface area (Å²) in [4.78, 5) is 24.1. The second kappa shape index (κ2) is 9.90. The lowest BCUT2D eigenvalue weighted by atomic mass is 10.1. The Labute approximate surface area is 181 Å². The van der Waals surface area contributed by atoms with Gasteiger partial charge < -0.3 is 20.5 Å². The van der Waals surface area contributed by atoms with Crippen LogP contribution in [0.4, 0.5) is 5.82 Å². The minimum Gasteiger partial charge on any atom is -0.496 e. The molecule has 0 aliphatic rings. The van der Waals surface area contributed by atoms with E-state index in [1.807, 2.05) is 37.3 Å². The van der Waals surface area contributed by atoms with Crippen molar-refractivity contribution in [1.82, 2.24) is 15.1 Å². The van der Waals surface area contributed by atoms with Crippen molar-refractivity contribution in [3.05, 3.63) is 65.2 Å². The maximum Gasteiger partial charge on any atom is 0.255 e. The molecule has 1 unspecified atom stereocenters. The third kappa shape index (κ3) is 4.75. The molecule has 0 saturated carbocycles. The molecule has 3 rings (SSSR count). The van der Waals surface area contributed by atoms with Crippen molar-refractivity contribution >= 4 is 18.0 Å². The molecule has 3 aromatic rings. The lowest BCUT2D eigenvalue weighted by Crippen LogP contribution is -2.23. The second-order valence-corrected chi connectivity index (χ2v) is 7.09. The standard InChI is InChI=1S/C23H26N4O4/c1-15(14-30-2)27-22(24)19(13-28)21(26-27)17-10-8-16(9-11-17)12-25-23(29)18-6-4-5-7-20(18)31-3/h4-11,13,15H,12,14,24H2,1-3H3,(H,25,29). The molecule has 0 saturated heterocycles. The zero-order chi connectivity index (χ0) is 22.4. The first-order valence-corrected chi connectivity index (χ1v) is 9.82. The van der Waals surface area contributed by atoms with Crippen LogP contribution in [0.2, 0.25) is 0 Å². The van der Waals surface area contributed by atoms with Crippen LogP contribution in [-0.4, -0.2) is 42.8 Å². The fourth-order valence-corrected chi connectivity index (χ4v) is 3.33. The Hall–Kier alpha value is -3.65. The van der Waals surface area contributed by atoms with E-state index in [1.165, 1.54) is 7.11 Å². The van der Waals surface area contributed by atoms with Gasteiger partial charge in [-0.15, -0.1) is 0 Å². The summed E-state index contributed by atoms with van der Waals surface area (Å²) < 4.78 is 12.0. The summed E-state index contributed by atoms with van der Waals surface area (Å²) in [5.41, 5.74) is 9.13. The van der Waals surface area contributed by atoms with Gasteiger partial charge in [-0.2, -0.15) is 5.10 Å². The number of aromatic nitrogens is 2. The molecule has 31 heavy (non-hydrogen) atoms. The van der Waals surface area contributed by atoms with Gasteiger partial charge in [-0.3, -0.25) is 9.59 Å². The van der Waals surface area contributed by atoms with Crippen molar-refractivity contribution in [2.24, 2.45) is 0 Å². The summed E-state index contributed by atoms with van der Waals surface area (Å²) in [5, 5.41) is 7.41. The molecule has 8 nitrogen and oxygen atoms in total. The summed E-state index contributed by atoms with van der Waals surface area (Å²) in [6.45, 7) is 2.69. The highest BCUT2D eigenvalue weighted by atomic mass is 16.5. The third-order valence-corrected chi connectivity index (χ3v) is 4.96. The zero-order valence-corrected chi connectivity index (χ0v) is 17.8. The van der Waals surface area contributed by atoms with Gasteiger partial charge in [0.1, 0.15) is 17.3 Å². The number of anilines is 1. The molecule has 8 heteroatoms. The Morgan fingerprint density at radius 2 is 1.90 bits per heavy atom. The first kappa shape index (κ1) is 22.0. The molecule has 0 bridgehead atoms. The highest BCUT2D eigenvalue weighted by Gasteiger charge is 2.20. The van der Waals surface area contributed by atoms with E-state index >= 15 is 0 Å². The molecule has 0 aliphatic carbocycles. The van der Waals surface area contributed by atoms with Crippen LogP contribution in [0.3, 0.4) is 0 Å². The third-order valence-electron chi connectivity index (χ3n) is 4.96. The molecule has 3 N–H and O–H groups in total. The average molecular weight is 422 g/mol. The highest BCUT2D eigenvalue weighted by Crippen LogP contribution is 2.28. The normalized spacial score (nSPS) is 11.7. The van der Waals surface area contributed by atoms with E-state index in [0.29, 0.717) is 41.5 Å². The molecule has 1 amide bonds. The molecule has 162 valence electrons. The van der Waals surface area contributed by atoms with Crippen molar-refractivity contribution in [1.29, 1.82) is 0 Å². The van der Waals surface area contributed by atoms with Gasteiger partial charge in [0.25, 0.3) is 5.91 Å². The van der Waals surface area contributed by atoms with Gasteiger partial charge in [0.05, 0.1) is 30.9 Å². The fraction of sp³-hybridized carbons (Fsp3) is 0.261. The number of methoxy groups -OCH3 is 2. The highest BCUT2D eigenvalue weighted by molar-refractivity contribution is 5.96. The summed E-state index contributed by atoms with van der Waals surface area (Å²) in [6.07, 6.45) is 0.717. The van der Waals surface area contributed by atoms with E-state index < -0.39 is 0 Å². The Morgan fingerprint density at radius 3 is 2.55 bits per heavy atom. The smallest absolute Gasteiger partial charge is 0.255 e. The number of ether oxygens (including phenoxy) is 2. The Kier molecular flexibility index (Phi) is 7.04. The van der Waals surface area contributed by atoms with Gasteiger partial charge in [-0.25, -0.2) is 4.68 Å². The number of nitrogens with one attached hydrogen (secondary N) is 1. The number of nitrogens with zero attached hydrogens (tertiary/aromatic N) is 2. The number of hydrogen-bond acceptors (Lipinski definition) is 6. The number of carbonyl (C=O) groups excluding carboxylic acids is 2. The first-order valence-electron chi connectivity index (χ1n) is 9.82. The van der Waals surface area contributed by atoms with Crippen molar-refractivity contribution in [3.8, 4) is 17.0 Å². The van der Waals surface area contributed by atoms with Crippen LogP contribution in [0.1, 0.15) is 39.2 Å². The van der Waals surface area contributed by atoms with Crippen molar-refractivity contribution < 1.29 is 19.1 Å². The number of carbonyl (C=O) groups is 2. The second-order valence-electron chi connectivity index (χ2n) is 7.09. The van der Waals surface area contributed by atoms with E-state index in [-0.39, 0.29) is 11.9 Å². The average Bonchev–Trinajstić information content (AvgIpc) is 3.14. The van der Waals surface area contributed by atoms with Gasteiger partial charge in [0, 0.05) is 19.2 Å². The maximum atomic E-state index is 12.5. The van der Waals surface area contributed by atoms with Crippen LogP contribution >= 0.6 is 0 Å². The number of para-hydroxylation sites is 1. The number of benzene rings is 2. The predicted octanol–water partition coefficient (Wildman–Crippen LogP) is 3.09. The topological polar surface area (TPSA) is 108 Å². The minimum atomic E-state index is -0.219. The van der Waals surface area contributed by atoms with E-state index in [0.717, 1.165) is 17.4 Å². The summed E-state index contributed by atoms with van der Waals surface area (Å²) in [7, 11) is 3.13. The number of aldehydes is 1. The van der Waals surface area contributed by atoms with Crippen molar-refractivity contribution in [3.63, 3.8) is 0 Å². The number of rotatable bonds is 9. The van der Waals surface area contributed by atoms with Gasteiger partial charge in [0.15, 0.2) is 6.29 Å². The van der Waals surface area contributed by atoms with E-state index in [9.17, 15) is 9.59 Å². The largest absolute Gasteiger partial charge is 0.496 e. The lowest BCUT2D eigenvalue weighted by molar-refractivity contribution is 0.0947. The van der Waals surface area contributed by atoms with Crippen LogP contribution in [0.25, 0.3) is 11.3 Å². The maximum absolute atomic E-state index is 12.5. The quantitative estimate of drug-likeness (QED) is 0.513. The molecule has 1 aromatic heterocycles. The summed E-state index contributed by atoms with van der Waals surface area (Å²) in [5.74, 6) is 0.610. The molecule has 0 spiro atoms. The summed E-state index contributed by atoms with van der Waals surface area (Å²) >= 11 is 0. The molecular weight excluding hydrogens is 396 g/mol. The van der Waals surface area contributed by atoms with Gasteiger partial charge in [-0.05, 0) is 24.6 Å². The van der Waals surface area contributed by atoms with Crippen LogP contribution in [-0.2, 0) is 11.3 Å². The SMILES string of the molecule is COCC(C)n1nc(-c2ccc(CNC(=O)c3ccccc3OC)cc2)c(C=O)c1N. The molecule has 2 aromatic carbocycles. The van der Waals surface area contributed by atoms with Gasteiger partial charge in [-0.1, -0.05) is 36.4 Å². The Bertz CT molecular complexity index is 1060. The molecule has 0 fully saturated rings. The monoisotopic (exact) mass is 422 g/mol. The van der Waals surface area contributed by atoms with Crippen LogP contribution in [0, 0.1) is 0 Å². The molecular formula is C23H26N4O4. The molecule has 0 radical (unpaired) electrons. The number of hydrogen-bond donors (Lipinski definition) is 2. The zero-order valence-electron chi connectivity index (χ0n) is 17.8. The molecule has 0 aliphatic heterocycles. The van der Waals surface area contributed by atoms with Gasteiger partial charge in [0.2, 0.25) is 0 Å². The van der Waals surface area contributed by atoms with E-state index in [2.05, 4.69) is 10.4 Å². The predicted molar refractivity (Wildman–Crippen MR) is 118 cm³/mol. The Morgan fingerprint density at radius 1 is 1.19 bits per heavy atom. The van der Waals surface area contributed by atoms with Crippen LogP contribution < -0.4 is 15.8 Å². The number of nitrogen functional groups attached to an aromatic ring is 1. The Balaban J connectivity index is 1.75. The molecule has 1 heterocycles.